The van der Waals surface area contributed by atoms with Gasteiger partial charge in [0.05, 0.1) is 12.2 Å². The summed E-state index contributed by atoms with van der Waals surface area (Å²) in [6.07, 6.45) is 4.52. The SMILES string of the molecule is CCCCC(N)c1nc(-c2cn[nH]n2)no1. The van der Waals surface area contributed by atoms with Gasteiger partial charge in [-0.2, -0.15) is 20.4 Å². The number of nitrogens with zero attached hydrogens (tertiary/aromatic N) is 4. The van der Waals surface area contributed by atoms with Crippen LogP contribution in [0, 0.1) is 0 Å². The Kier molecular flexibility index (Phi) is 3.25. The van der Waals surface area contributed by atoms with Crippen molar-refractivity contribution < 1.29 is 4.52 Å². The maximum atomic E-state index is 5.91. The number of hydrogen-bond acceptors (Lipinski definition) is 6. The third-order valence-electron chi connectivity index (χ3n) is 2.27. The van der Waals surface area contributed by atoms with E-state index in [1.165, 1.54) is 6.20 Å². The second-order valence-corrected chi connectivity index (χ2v) is 3.56. The molecule has 7 heteroatoms. The fourth-order valence-corrected chi connectivity index (χ4v) is 1.35. The number of nitrogens with two attached hydrogens (primary N) is 1. The number of aromatic amines is 1. The van der Waals surface area contributed by atoms with Crippen molar-refractivity contribution in [3.05, 3.63) is 12.1 Å². The van der Waals surface area contributed by atoms with Crippen LogP contribution in [-0.2, 0) is 0 Å². The molecule has 2 aromatic heterocycles. The molecule has 2 aromatic rings. The molecule has 0 aliphatic rings. The van der Waals surface area contributed by atoms with Crippen LogP contribution in [0.3, 0.4) is 0 Å². The van der Waals surface area contributed by atoms with E-state index in [1.54, 1.807) is 0 Å². The van der Waals surface area contributed by atoms with Crippen LogP contribution >= 0.6 is 0 Å². The summed E-state index contributed by atoms with van der Waals surface area (Å²) in [5.74, 6) is 0.863. The molecule has 1 unspecified atom stereocenters. The third kappa shape index (κ3) is 2.25. The summed E-state index contributed by atoms with van der Waals surface area (Å²) >= 11 is 0. The van der Waals surface area contributed by atoms with Gasteiger partial charge in [-0.25, -0.2) is 0 Å². The molecule has 0 bridgehead atoms. The van der Waals surface area contributed by atoms with Crippen LogP contribution in [0.4, 0.5) is 0 Å². The molecule has 0 spiro atoms. The Hall–Kier alpha value is -1.76. The summed E-state index contributed by atoms with van der Waals surface area (Å²) in [5, 5.41) is 13.8. The van der Waals surface area contributed by atoms with Crippen molar-refractivity contribution in [1.82, 2.24) is 25.6 Å². The average Bonchev–Trinajstić information content (AvgIpc) is 2.94. The smallest absolute Gasteiger partial charge is 0.243 e. The van der Waals surface area contributed by atoms with Gasteiger partial charge in [0.2, 0.25) is 11.7 Å². The predicted molar refractivity (Wildman–Crippen MR) is 56.1 cm³/mol. The first-order chi connectivity index (χ1) is 7.81. The van der Waals surface area contributed by atoms with Gasteiger partial charge < -0.3 is 10.3 Å². The maximum absolute atomic E-state index is 5.91. The number of H-pyrrole nitrogens is 1. The first kappa shape index (κ1) is 10.7. The molecular weight excluding hydrogens is 208 g/mol. The summed E-state index contributed by atoms with van der Waals surface area (Å²) in [6, 6.07) is -0.201. The van der Waals surface area contributed by atoms with E-state index in [4.69, 9.17) is 10.3 Å². The molecule has 0 amide bonds. The fraction of sp³-hybridized carbons (Fsp3) is 0.556. The zero-order valence-electron chi connectivity index (χ0n) is 9.05. The molecule has 0 saturated heterocycles. The molecule has 7 nitrogen and oxygen atoms in total. The minimum Gasteiger partial charge on any atom is -0.337 e. The lowest BCUT2D eigenvalue weighted by atomic mass is 10.1. The highest BCUT2D eigenvalue weighted by Crippen LogP contribution is 2.18. The molecule has 2 heterocycles. The van der Waals surface area contributed by atoms with Gasteiger partial charge >= 0.3 is 0 Å². The van der Waals surface area contributed by atoms with E-state index in [-0.39, 0.29) is 6.04 Å². The van der Waals surface area contributed by atoms with Crippen molar-refractivity contribution in [1.29, 1.82) is 0 Å². The number of unbranched alkanes of at least 4 members (excludes halogenated alkanes) is 1. The topological polar surface area (TPSA) is 107 Å². The van der Waals surface area contributed by atoms with Crippen molar-refractivity contribution in [2.24, 2.45) is 5.73 Å². The molecule has 0 aliphatic heterocycles. The molecule has 0 fully saturated rings. The van der Waals surface area contributed by atoms with E-state index in [0.717, 1.165) is 19.3 Å². The second-order valence-electron chi connectivity index (χ2n) is 3.56. The Morgan fingerprint density at radius 1 is 1.56 bits per heavy atom. The van der Waals surface area contributed by atoms with Crippen LogP contribution < -0.4 is 5.73 Å². The molecule has 0 aliphatic carbocycles. The van der Waals surface area contributed by atoms with Crippen molar-refractivity contribution >= 4 is 0 Å². The van der Waals surface area contributed by atoms with Gasteiger partial charge in [0, 0.05) is 0 Å². The highest BCUT2D eigenvalue weighted by molar-refractivity contribution is 5.44. The summed E-state index contributed by atoms with van der Waals surface area (Å²) < 4.78 is 5.08. The standard InChI is InChI=1S/C9H14N6O/c1-2-3-4-6(10)9-12-8(14-16-9)7-5-11-15-13-7/h5-6H,2-4,10H2,1H3,(H,11,13,15). The molecule has 0 radical (unpaired) electrons. The fourth-order valence-electron chi connectivity index (χ4n) is 1.35. The third-order valence-corrected chi connectivity index (χ3v) is 2.27. The van der Waals surface area contributed by atoms with E-state index in [9.17, 15) is 0 Å². The molecule has 0 aromatic carbocycles. The lowest BCUT2D eigenvalue weighted by molar-refractivity contribution is 0.346. The van der Waals surface area contributed by atoms with Crippen LogP contribution in [-0.4, -0.2) is 25.6 Å². The Morgan fingerprint density at radius 2 is 2.44 bits per heavy atom. The van der Waals surface area contributed by atoms with E-state index in [1.807, 2.05) is 0 Å². The highest BCUT2D eigenvalue weighted by atomic mass is 16.5. The maximum Gasteiger partial charge on any atom is 0.243 e. The summed E-state index contributed by atoms with van der Waals surface area (Å²) in [6.45, 7) is 2.11. The first-order valence-corrected chi connectivity index (χ1v) is 5.26. The monoisotopic (exact) mass is 222 g/mol. The number of hydrogen-bond donors (Lipinski definition) is 2. The zero-order valence-corrected chi connectivity index (χ0v) is 9.05. The van der Waals surface area contributed by atoms with Gasteiger partial charge in [0.1, 0.15) is 0 Å². The quantitative estimate of drug-likeness (QED) is 0.782. The van der Waals surface area contributed by atoms with E-state index in [2.05, 4.69) is 32.5 Å². The van der Waals surface area contributed by atoms with Gasteiger partial charge in [0.15, 0.2) is 5.69 Å². The molecule has 3 N–H and O–H groups in total. The van der Waals surface area contributed by atoms with Gasteiger partial charge in [-0.05, 0) is 6.42 Å². The van der Waals surface area contributed by atoms with Crippen molar-refractivity contribution in [3.63, 3.8) is 0 Å². The Morgan fingerprint density at radius 3 is 3.12 bits per heavy atom. The largest absolute Gasteiger partial charge is 0.337 e. The number of aromatic nitrogens is 5. The van der Waals surface area contributed by atoms with Gasteiger partial charge in [-0.1, -0.05) is 24.9 Å². The lowest BCUT2D eigenvalue weighted by Crippen LogP contribution is -2.10. The molecule has 1 atom stereocenters. The van der Waals surface area contributed by atoms with Crippen molar-refractivity contribution in [2.75, 3.05) is 0 Å². The average molecular weight is 222 g/mol. The van der Waals surface area contributed by atoms with Crippen molar-refractivity contribution in [2.45, 2.75) is 32.2 Å². The summed E-state index contributed by atoms with van der Waals surface area (Å²) in [7, 11) is 0. The first-order valence-electron chi connectivity index (χ1n) is 5.26. The Labute approximate surface area is 92.4 Å². The minimum atomic E-state index is -0.201. The predicted octanol–water partition coefficient (Wildman–Crippen LogP) is 1.04. The summed E-state index contributed by atoms with van der Waals surface area (Å²) in [5.41, 5.74) is 6.46. The van der Waals surface area contributed by atoms with Crippen LogP contribution in [0.2, 0.25) is 0 Å². The van der Waals surface area contributed by atoms with Crippen LogP contribution in [0.1, 0.15) is 38.1 Å². The van der Waals surface area contributed by atoms with Crippen LogP contribution in [0.25, 0.3) is 11.5 Å². The van der Waals surface area contributed by atoms with Crippen LogP contribution in [0.15, 0.2) is 10.7 Å². The van der Waals surface area contributed by atoms with Gasteiger partial charge in [0.25, 0.3) is 0 Å². The highest BCUT2D eigenvalue weighted by Gasteiger charge is 2.16. The van der Waals surface area contributed by atoms with E-state index < -0.39 is 0 Å². The van der Waals surface area contributed by atoms with Gasteiger partial charge in [-0.15, -0.1) is 0 Å². The number of rotatable bonds is 5. The molecule has 86 valence electrons. The van der Waals surface area contributed by atoms with Gasteiger partial charge in [-0.3, -0.25) is 0 Å². The second kappa shape index (κ2) is 4.84. The Balaban J connectivity index is 2.07. The lowest BCUT2D eigenvalue weighted by Gasteiger charge is -2.03. The molecular formula is C9H14N6O. The number of nitrogens with one attached hydrogen (secondary N) is 1. The van der Waals surface area contributed by atoms with Crippen molar-refractivity contribution in [3.8, 4) is 11.5 Å². The molecule has 16 heavy (non-hydrogen) atoms. The van der Waals surface area contributed by atoms with E-state index in [0.29, 0.717) is 17.4 Å². The summed E-state index contributed by atoms with van der Waals surface area (Å²) in [4.78, 5) is 4.18. The zero-order chi connectivity index (χ0) is 11.4. The Bertz CT molecular complexity index is 423. The molecule has 2 rings (SSSR count). The normalized spacial score (nSPS) is 12.9. The van der Waals surface area contributed by atoms with Crippen LogP contribution in [0.5, 0.6) is 0 Å². The molecule has 0 saturated carbocycles. The van der Waals surface area contributed by atoms with E-state index >= 15 is 0 Å². The minimum absolute atomic E-state index is 0.201.